The number of alkyl carbamates (subject to hydrolysis) is 1. The Morgan fingerprint density at radius 1 is 1.00 bits per heavy atom. The molecular weight excluding hydrogens is 635 g/mol. The smallest absolute Gasteiger partial charge is 0.407 e. The molecule has 0 saturated carbocycles. The number of rotatable bonds is 8. The third kappa shape index (κ3) is 6.19. The number of nitrogens with one attached hydrogen (secondary N) is 1. The van der Waals surface area contributed by atoms with Crippen LogP contribution < -0.4 is 15.0 Å². The molecule has 8 rings (SSSR count). The average molecular weight is 683 g/mol. The minimum absolute atomic E-state index is 0.00255. The van der Waals surface area contributed by atoms with E-state index in [0.29, 0.717) is 35.5 Å². The summed E-state index contributed by atoms with van der Waals surface area (Å²) >= 11 is 0. The van der Waals surface area contributed by atoms with Crippen molar-refractivity contribution >= 4 is 33.6 Å². The van der Waals surface area contributed by atoms with Gasteiger partial charge in [0, 0.05) is 49.2 Å². The highest BCUT2D eigenvalue weighted by molar-refractivity contribution is 6.01. The molecule has 4 fully saturated rings. The van der Waals surface area contributed by atoms with Crippen molar-refractivity contribution in [1.82, 2.24) is 25.1 Å². The van der Waals surface area contributed by atoms with Crippen LogP contribution >= 0.6 is 0 Å². The molecule has 4 aromatic rings. The first-order valence-corrected chi connectivity index (χ1v) is 18.1. The Bertz CT molecular complexity index is 1910. The number of nitrogens with zero attached hydrogens (tertiary/aromatic N) is 5. The minimum Gasteiger partial charge on any atom is -0.508 e. The van der Waals surface area contributed by atoms with Crippen molar-refractivity contribution in [3.8, 4) is 22.9 Å². The Hall–Kier alpha value is -4.22. The van der Waals surface area contributed by atoms with Crippen molar-refractivity contribution in [2.24, 2.45) is 0 Å². The number of phenolic OH excluding ortho intramolecular Hbond substituents is 1. The van der Waals surface area contributed by atoms with Gasteiger partial charge in [-0.25, -0.2) is 9.18 Å². The van der Waals surface area contributed by atoms with Crippen LogP contribution in [0.25, 0.3) is 32.8 Å². The number of amides is 1. The van der Waals surface area contributed by atoms with Crippen LogP contribution in [0.5, 0.6) is 11.8 Å². The lowest BCUT2D eigenvalue weighted by Gasteiger charge is -2.42. The van der Waals surface area contributed by atoms with Crippen molar-refractivity contribution in [3.05, 3.63) is 54.3 Å². The molecule has 1 amide bonds. The van der Waals surface area contributed by atoms with Crippen molar-refractivity contribution in [2.45, 2.75) is 82.5 Å². The van der Waals surface area contributed by atoms with Crippen LogP contribution in [0.2, 0.25) is 0 Å². The molecule has 2 unspecified atom stereocenters. The van der Waals surface area contributed by atoms with Gasteiger partial charge in [0.1, 0.15) is 29.3 Å². The van der Waals surface area contributed by atoms with Gasteiger partial charge in [0.25, 0.3) is 0 Å². The quantitative estimate of drug-likeness (QED) is 0.216. The molecular formula is C39H47FN6O4. The second-order valence-corrected chi connectivity index (χ2v) is 15.5. The fraction of sp³-hybridized carbons (Fsp3) is 0.513. The Morgan fingerprint density at radius 2 is 1.74 bits per heavy atom. The number of aromatic hydroxyl groups is 1. The molecule has 1 aromatic heterocycles. The van der Waals surface area contributed by atoms with Gasteiger partial charge >= 0.3 is 12.1 Å². The molecule has 5 heterocycles. The predicted molar refractivity (Wildman–Crippen MR) is 192 cm³/mol. The molecule has 4 aliphatic rings. The number of carbonyl (C=O) groups excluding carboxylic acids is 1. The first kappa shape index (κ1) is 33.0. The number of ether oxygens (including phenoxy) is 2. The predicted octanol–water partition coefficient (Wildman–Crippen LogP) is 6.48. The summed E-state index contributed by atoms with van der Waals surface area (Å²) in [4.78, 5) is 29.3. The van der Waals surface area contributed by atoms with Crippen molar-refractivity contribution in [2.75, 3.05) is 50.8 Å². The lowest BCUT2D eigenvalue weighted by atomic mass is 9.95. The number of carbonyl (C=O) groups is 1. The zero-order valence-electron chi connectivity index (χ0n) is 29.3. The minimum atomic E-state index is -0.540. The van der Waals surface area contributed by atoms with Gasteiger partial charge in [-0.15, -0.1) is 0 Å². The van der Waals surface area contributed by atoms with Crippen LogP contribution in [-0.2, 0) is 4.74 Å². The van der Waals surface area contributed by atoms with Crippen LogP contribution in [0.3, 0.4) is 0 Å². The summed E-state index contributed by atoms with van der Waals surface area (Å²) in [6.07, 6.45) is 6.17. The number of fused-ring (bicyclic) bond motifs is 5. The fourth-order valence-corrected chi connectivity index (χ4v) is 8.95. The van der Waals surface area contributed by atoms with E-state index in [-0.39, 0.29) is 34.9 Å². The molecule has 4 saturated heterocycles. The lowest BCUT2D eigenvalue weighted by Crippen LogP contribution is -2.55. The topological polar surface area (TPSA) is 103 Å². The molecule has 2 N–H and O–H groups in total. The first-order chi connectivity index (χ1) is 24.1. The number of phenols is 1. The third-order valence-electron chi connectivity index (χ3n) is 11.2. The zero-order valence-corrected chi connectivity index (χ0v) is 29.3. The Kier molecular flexibility index (Phi) is 8.46. The summed E-state index contributed by atoms with van der Waals surface area (Å²) in [5.74, 6) is 0.312. The normalized spacial score (nSPS) is 22.0. The highest BCUT2D eigenvalue weighted by Gasteiger charge is 2.45. The van der Waals surface area contributed by atoms with Gasteiger partial charge in [-0.3, -0.25) is 9.80 Å². The Labute approximate surface area is 292 Å². The van der Waals surface area contributed by atoms with E-state index in [0.717, 1.165) is 82.0 Å². The highest BCUT2D eigenvalue weighted by Crippen LogP contribution is 2.42. The number of benzene rings is 3. The van der Waals surface area contributed by atoms with E-state index >= 15 is 4.39 Å². The molecule has 11 heteroatoms. The van der Waals surface area contributed by atoms with E-state index in [1.165, 1.54) is 0 Å². The van der Waals surface area contributed by atoms with Gasteiger partial charge in [0.2, 0.25) is 0 Å². The maximum Gasteiger partial charge on any atom is 0.407 e. The van der Waals surface area contributed by atoms with E-state index in [4.69, 9.17) is 19.4 Å². The Morgan fingerprint density at radius 3 is 2.48 bits per heavy atom. The number of anilines is 1. The van der Waals surface area contributed by atoms with Gasteiger partial charge in [0.15, 0.2) is 5.82 Å². The van der Waals surface area contributed by atoms with E-state index in [9.17, 15) is 9.90 Å². The first-order valence-electron chi connectivity index (χ1n) is 18.1. The van der Waals surface area contributed by atoms with Crippen molar-refractivity contribution < 1.29 is 23.8 Å². The van der Waals surface area contributed by atoms with Crippen molar-refractivity contribution in [3.63, 3.8) is 0 Å². The largest absolute Gasteiger partial charge is 0.508 e. The molecule has 0 spiro atoms. The molecule has 50 heavy (non-hydrogen) atoms. The van der Waals surface area contributed by atoms with E-state index < -0.39 is 17.5 Å². The molecule has 3 aromatic carbocycles. The fourth-order valence-electron chi connectivity index (χ4n) is 8.95. The number of hydrogen-bond acceptors (Lipinski definition) is 9. The Balaban J connectivity index is 1.11. The number of halogens is 1. The zero-order chi connectivity index (χ0) is 34.6. The summed E-state index contributed by atoms with van der Waals surface area (Å²) in [5.41, 5.74) is 0.664. The van der Waals surface area contributed by atoms with Crippen LogP contribution in [0, 0.1) is 5.82 Å². The standard InChI is InChI=1S/C39H47FN6O4/c1-38(2,3)50-37(48)41-16-19-46-26-10-11-27(46)23-44(22-26)35-31-13-12-30(32-21-28(47)20-25-8-4-5-9-29(25)32)33(40)34(31)42-36(43-35)49-24-39-14-6-17-45(39)18-7-15-39/h4-5,8-9,12-13,20-21,26-27,47H,6-7,10-11,14-19,22-24H2,1-3H3,(H,41,48). The van der Waals surface area contributed by atoms with Gasteiger partial charge in [-0.1, -0.05) is 30.3 Å². The number of hydrogen-bond donors (Lipinski definition) is 2. The number of piperazine rings is 1. The van der Waals surface area contributed by atoms with Crippen LogP contribution in [0.4, 0.5) is 15.0 Å². The number of aromatic nitrogens is 2. The maximum atomic E-state index is 16.9. The summed E-state index contributed by atoms with van der Waals surface area (Å²) in [7, 11) is 0. The molecule has 2 bridgehead atoms. The summed E-state index contributed by atoms with van der Waals surface area (Å²) in [5, 5.41) is 15.8. The SMILES string of the molecule is CC(C)(C)OC(=O)NCCN1C2CCC1CN(c1nc(OCC34CCCN3CCC4)nc3c(F)c(-c4cc(O)cc5ccccc45)ccc13)C2. The lowest BCUT2D eigenvalue weighted by molar-refractivity contribution is 0.0515. The summed E-state index contributed by atoms with van der Waals surface area (Å²) < 4.78 is 28.8. The highest BCUT2D eigenvalue weighted by atomic mass is 19.1. The molecule has 4 aliphatic heterocycles. The molecule has 2 atom stereocenters. The van der Waals surface area contributed by atoms with Gasteiger partial charge < -0.3 is 24.8 Å². The van der Waals surface area contributed by atoms with Crippen LogP contribution in [-0.4, -0.2) is 100 Å². The van der Waals surface area contributed by atoms with Crippen LogP contribution in [0.1, 0.15) is 59.3 Å². The van der Waals surface area contributed by atoms with Gasteiger partial charge in [-0.2, -0.15) is 9.97 Å². The molecule has 0 aliphatic carbocycles. The molecule has 264 valence electrons. The summed E-state index contributed by atoms with van der Waals surface area (Å²) in [6.45, 7) is 10.9. The maximum absolute atomic E-state index is 16.9. The second-order valence-electron chi connectivity index (χ2n) is 15.5. The van der Waals surface area contributed by atoms with Gasteiger partial charge in [-0.05, 0) is 107 Å². The van der Waals surface area contributed by atoms with E-state index in [2.05, 4.69) is 20.0 Å². The van der Waals surface area contributed by atoms with Crippen LogP contribution in [0.15, 0.2) is 48.5 Å². The molecule has 10 nitrogen and oxygen atoms in total. The monoisotopic (exact) mass is 682 g/mol. The van der Waals surface area contributed by atoms with Gasteiger partial charge in [0.05, 0.1) is 5.54 Å². The molecule has 0 radical (unpaired) electrons. The van der Waals surface area contributed by atoms with E-state index in [1.807, 2.05) is 51.1 Å². The van der Waals surface area contributed by atoms with E-state index in [1.54, 1.807) is 18.2 Å². The average Bonchev–Trinajstić information content (AvgIpc) is 3.72. The van der Waals surface area contributed by atoms with Crippen molar-refractivity contribution in [1.29, 1.82) is 0 Å². The third-order valence-corrected chi connectivity index (χ3v) is 11.2. The second kappa shape index (κ2) is 12.8. The summed E-state index contributed by atoms with van der Waals surface area (Å²) in [6, 6.07) is 15.5.